The van der Waals surface area contributed by atoms with Crippen molar-refractivity contribution >= 4 is 34.3 Å². The Morgan fingerprint density at radius 1 is 1.16 bits per heavy atom. The molecule has 128 valence electrons. The van der Waals surface area contributed by atoms with Crippen LogP contribution in [0.3, 0.4) is 0 Å². The van der Waals surface area contributed by atoms with Gasteiger partial charge in [0, 0.05) is 18.2 Å². The molecule has 1 aromatic heterocycles. The third-order valence-corrected chi connectivity index (χ3v) is 5.02. The second kappa shape index (κ2) is 7.53. The number of aryl methyl sites for hydroxylation is 2. The van der Waals surface area contributed by atoms with Gasteiger partial charge in [0.2, 0.25) is 5.88 Å². The molecular weight excluding hydrogens is 334 g/mol. The first kappa shape index (κ1) is 17.2. The number of hydrogen-bond donors (Lipinski definition) is 1. The normalized spacial score (nSPS) is 11.4. The maximum absolute atomic E-state index is 12.0. The Balaban J connectivity index is 1.65. The largest absolute Gasteiger partial charge is 0.493 e. The number of benzene rings is 2. The average Bonchev–Trinajstić information content (AvgIpc) is 2.86. The quantitative estimate of drug-likeness (QED) is 0.674. The summed E-state index contributed by atoms with van der Waals surface area (Å²) in [5.41, 5.74) is 3.60. The molecule has 0 aliphatic rings. The molecule has 0 unspecified atom stereocenters. The number of amides is 1. The topological polar surface area (TPSA) is 66.9 Å². The SMILES string of the molecule is Cc1ccccc1CSCC(=O)N=Nc1c(O)n(C)c2ccccc12. The van der Waals surface area contributed by atoms with Gasteiger partial charge in [-0.3, -0.25) is 4.79 Å². The maximum Gasteiger partial charge on any atom is 0.274 e. The number of nitrogens with zero attached hydrogens (tertiary/aromatic N) is 3. The van der Waals surface area contributed by atoms with E-state index in [0.717, 1.165) is 16.7 Å². The highest BCUT2D eigenvalue weighted by atomic mass is 32.2. The number of azo groups is 1. The Morgan fingerprint density at radius 3 is 2.68 bits per heavy atom. The molecule has 6 heteroatoms. The standard InChI is InChI=1S/C19H19N3O2S/c1-13-7-3-4-8-14(13)11-25-12-17(23)20-21-18-15-9-5-6-10-16(15)22(2)19(18)24/h3-10,24H,11-12H2,1-2H3. The zero-order valence-corrected chi connectivity index (χ0v) is 15.0. The van der Waals surface area contributed by atoms with Gasteiger partial charge < -0.3 is 9.67 Å². The zero-order valence-electron chi connectivity index (χ0n) is 14.1. The van der Waals surface area contributed by atoms with E-state index in [1.807, 2.05) is 36.4 Å². The minimum absolute atomic E-state index is 0.00492. The van der Waals surface area contributed by atoms with Gasteiger partial charge in [-0.2, -0.15) is 0 Å². The van der Waals surface area contributed by atoms with Crippen molar-refractivity contribution in [2.45, 2.75) is 12.7 Å². The smallest absolute Gasteiger partial charge is 0.274 e. The molecule has 0 aliphatic heterocycles. The first-order valence-electron chi connectivity index (χ1n) is 7.91. The van der Waals surface area contributed by atoms with E-state index in [1.54, 1.807) is 11.6 Å². The summed E-state index contributed by atoms with van der Waals surface area (Å²) in [7, 11) is 1.75. The van der Waals surface area contributed by atoms with Crippen molar-refractivity contribution < 1.29 is 9.90 Å². The number of hydrogen-bond acceptors (Lipinski definition) is 4. The predicted molar refractivity (Wildman–Crippen MR) is 101 cm³/mol. The highest BCUT2D eigenvalue weighted by molar-refractivity contribution is 7.99. The fourth-order valence-electron chi connectivity index (χ4n) is 2.61. The van der Waals surface area contributed by atoms with Crippen LogP contribution in [0.25, 0.3) is 10.9 Å². The molecular formula is C19H19N3O2S. The average molecular weight is 353 g/mol. The molecule has 0 saturated carbocycles. The van der Waals surface area contributed by atoms with Gasteiger partial charge in [-0.1, -0.05) is 42.5 Å². The molecule has 3 rings (SSSR count). The third kappa shape index (κ3) is 3.74. The minimum Gasteiger partial charge on any atom is -0.493 e. The molecule has 0 bridgehead atoms. The Morgan fingerprint density at radius 2 is 1.88 bits per heavy atom. The lowest BCUT2D eigenvalue weighted by molar-refractivity contribution is -0.115. The van der Waals surface area contributed by atoms with E-state index in [0.29, 0.717) is 5.69 Å². The fraction of sp³-hybridized carbons (Fsp3) is 0.211. The summed E-state index contributed by atoms with van der Waals surface area (Å²) in [6.07, 6.45) is 0. The number of fused-ring (bicyclic) bond motifs is 1. The molecule has 0 saturated heterocycles. The van der Waals surface area contributed by atoms with E-state index in [2.05, 4.69) is 29.3 Å². The Kier molecular flexibility index (Phi) is 5.19. The van der Waals surface area contributed by atoms with Crippen LogP contribution in [0.1, 0.15) is 11.1 Å². The molecule has 0 aliphatic carbocycles. The summed E-state index contributed by atoms with van der Waals surface area (Å²) >= 11 is 1.51. The van der Waals surface area contributed by atoms with E-state index >= 15 is 0 Å². The zero-order chi connectivity index (χ0) is 17.8. The maximum atomic E-state index is 12.0. The Labute approximate surface area is 150 Å². The van der Waals surface area contributed by atoms with Crippen LogP contribution in [0, 0.1) is 6.92 Å². The Hall–Kier alpha value is -2.60. The van der Waals surface area contributed by atoms with Crippen molar-refractivity contribution in [3.63, 3.8) is 0 Å². The monoisotopic (exact) mass is 353 g/mol. The second-order valence-corrected chi connectivity index (χ2v) is 6.75. The molecule has 1 heterocycles. The van der Waals surface area contributed by atoms with Crippen LogP contribution in [0.15, 0.2) is 58.8 Å². The summed E-state index contributed by atoms with van der Waals surface area (Å²) in [5, 5.41) is 18.7. The minimum atomic E-state index is -0.314. The van der Waals surface area contributed by atoms with Crippen LogP contribution in [0.4, 0.5) is 5.69 Å². The van der Waals surface area contributed by atoms with E-state index in [4.69, 9.17) is 0 Å². The molecule has 5 nitrogen and oxygen atoms in total. The third-order valence-electron chi connectivity index (χ3n) is 4.06. The first-order valence-corrected chi connectivity index (χ1v) is 9.06. The van der Waals surface area contributed by atoms with Crippen molar-refractivity contribution in [2.75, 3.05) is 5.75 Å². The van der Waals surface area contributed by atoms with Gasteiger partial charge in [0.05, 0.1) is 11.3 Å². The van der Waals surface area contributed by atoms with E-state index < -0.39 is 0 Å². The predicted octanol–water partition coefficient (Wildman–Crippen LogP) is 4.74. The Bertz CT molecular complexity index is 947. The van der Waals surface area contributed by atoms with Crippen molar-refractivity contribution in [3.05, 3.63) is 59.7 Å². The lowest BCUT2D eigenvalue weighted by atomic mass is 10.1. The number of aromatic nitrogens is 1. The lowest BCUT2D eigenvalue weighted by Gasteiger charge is -2.03. The van der Waals surface area contributed by atoms with E-state index in [9.17, 15) is 9.90 Å². The van der Waals surface area contributed by atoms with Crippen LogP contribution in [-0.4, -0.2) is 21.3 Å². The summed E-state index contributed by atoms with van der Waals surface area (Å²) in [6, 6.07) is 15.6. The number of rotatable bonds is 5. The lowest BCUT2D eigenvalue weighted by Crippen LogP contribution is -1.97. The van der Waals surface area contributed by atoms with Crippen molar-refractivity contribution in [3.8, 4) is 5.88 Å². The number of para-hydroxylation sites is 1. The number of carbonyl (C=O) groups excluding carboxylic acids is 1. The summed E-state index contributed by atoms with van der Waals surface area (Å²) in [5.74, 6) is 0.702. The van der Waals surface area contributed by atoms with Gasteiger partial charge in [0.15, 0.2) is 5.69 Å². The molecule has 1 N–H and O–H groups in total. The molecule has 25 heavy (non-hydrogen) atoms. The van der Waals surface area contributed by atoms with Crippen LogP contribution >= 0.6 is 11.8 Å². The van der Waals surface area contributed by atoms with Crippen LogP contribution in [0.2, 0.25) is 0 Å². The number of carbonyl (C=O) groups is 1. The second-order valence-electron chi connectivity index (χ2n) is 5.76. The molecule has 3 aromatic rings. The molecule has 2 aromatic carbocycles. The van der Waals surface area contributed by atoms with Gasteiger partial charge in [-0.15, -0.1) is 22.0 Å². The highest BCUT2D eigenvalue weighted by Crippen LogP contribution is 2.37. The van der Waals surface area contributed by atoms with Crippen molar-refractivity contribution in [1.29, 1.82) is 0 Å². The molecule has 0 radical (unpaired) electrons. The van der Waals surface area contributed by atoms with Crippen molar-refractivity contribution in [1.82, 2.24) is 4.57 Å². The summed E-state index contributed by atoms with van der Waals surface area (Å²) in [6.45, 7) is 2.06. The van der Waals surface area contributed by atoms with Gasteiger partial charge in [0.25, 0.3) is 5.91 Å². The van der Waals surface area contributed by atoms with Crippen LogP contribution in [-0.2, 0) is 17.6 Å². The van der Waals surface area contributed by atoms with Crippen LogP contribution < -0.4 is 0 Å². The summed E-state index contributed by atoms with van der Waals surface area (Å²) in [4.78, 5) is 12.0. The molecule has 0 fully saturated rings. The van der Waals surface area contributed by atoms with Gasteiger partial charge in [0.1, 0.15) is 0 Å². The fourth-order valence-corrected chi connectivity index (χ4v) is 3.49. The molecule has 0 atom stereocenters. The first-order chi connectivity index (χ1) is 12.1. The van der Waals surface area contributed by atoms with Gasteiger partial charge in [-0.05, 0) is 24.1 Å². The molecule has 1 amide bonds. The molecule has 0 spiro atoms. The van der Waals surface area contributed by atoms with E-state index in [-0.39, 0.29) is 17.5 Å². The number of thioether (sulfide) groups is 1. The number of aromatic hydroxyl groups is 1. The van der Waals surface area contributed by atoms with Crippen molar-refractivity contribution in [2.24, 2.45) is 17.3 Å². The summed E-state index contributed by atoms with van der Waals surface area (Å²) < 4.78 is 1.63. The van der Waals surface area contributed by atoms with Gasteiger partial charge in [-0.25, -0.2) is 0 Å². The van der Waals surface area contributed by atoms with Gasteiger partial charge >= 0.3 is 0 Å². The highest BCUT2D eigenvalue weighted by Gasteiger charge is 2.14. The van der Waals surface area contributed by atoms with Crippen LogP contribution in [0.5, 0.6) is 5.88 Å². The van der Waals surface area contributed by atoms with E-state index in [1.165, 1.54) is 22.9 Å².